The molecular formula is C16H26N4. The first-order valence-electron chi connectivity index (χ1n) is 7.87. The van der Waals surface area contributed by atoms with Gasteiger partial charge in [-0.25, -0.2) is 4.98 Å². The molecule has 3 heterocycles. The minimum atomic E-state index is 0.746. The van der Waals surface area contributed by atoms with Gasteiger partial charge < -0.3 is 10.2 Å². The maximum atomic E-state index is 4.71. The molecule has 0 aromatic carbocycles. The highest BCUT2D eigenvalue weighted by Crippen LogP contribution is 2.26. The third-order valence-corrected chi connectivity index (χ3v) is 4.61. The van der Waals surface area contributed by atoms with Crippen molar-refractivity contribution < 1.29 is 0 Å². The van der Waals surface area contributed by atoms with Crippen LogP contribution >= 0.6 is 0 Å². The summed E-state index contributed by atoms with van der Waals surface area (Å²) in [6.45, 7) is 7.98. The van der Waals surface area contributed by atoms with Crippen molar-refractivity contribution in [1.82, 2.24) is 15.2 Å². The fraction of sp³-hybridized carbons (Fsp3) is 0.688. The Balaban J connectivity index is 1.67. The molecule has 1 unspecified atom stereocenters. The molecule has 4 nitrogen and oxygen atoms in total. The predicted octanol–water partition coefficient (Wildman–Crippen LogP) is 1.78. The van der Waals surface area contributed by atoms with Gasteiger partial charge >= 0.3 is 0 Å². The molecule has 0 bridgehead atoms. The third kappa shape index (κ3) is 2.81. The Labute approximate surface area is 122 Å². The molecule has 20 heavy (non-hydrogen) atoms. The first-order chi connectivity index (χ1) is 9.78. The summed E-state index contributed by atoms with van der Waals surface area (Å²) in [6.07, 6.45) is 6.07. The third-order valence-electron chi connectivity index (χ3n) is 4.61. The zero-order chi connectivity index (χ0) is 13.9. The molecule has 1 aromatic rings. The number of hydrogen-bond donors (Lipinski definition) is 1. The minimum Gasteiger partial charge on any atom is -0.355 e. The lowest BCUT2D eigenvalue weighted by molar-refractivity contribution is 0.260. The van der Waals surface area contributed by atoms with Crippen molar-refractivity contribution >= 4 is 5.82 Å². The van der Waals surface area contributed by atoms with E-state index in [4.69, 9.17) is 4.98 Å². The highest BCUT2D eigenvalue weighted by molar-refractivity contribution is 5.48. The highest BCUT2D eigenvalue weighted by Gasteiger charge is 2.30. The Morgan fingerprint density at radius 3 is 2.80 bits per heavy atom. The molecule has 0 radical (unpaired) electrons. The number of nitrogens with zero attached hydrogens (tertiary/aromatic N) is 3. The molecule has 2 saturated heterocycles. The van der Waals surface area contributed by atoms with Gasteiger partial charge in [0, 0.05) is 31.9 Å². The number of aryl methyl sites for hydroxylation is 1. The maximum Gasteiger partial charge on any atom is 0.131 e. The van der Waals surface area contributed by atoms with Gasteiger partial charge in [0.25, 0.3) is 0 Å². The van der Waals surface area contributed by atoms with Crippen molar-refractivity contribution in [1.29, 1.82) is 0 Å². The summed E-state index contributed by atoms with van der Waals surface area (Å²) in [7, 11) is 1.98. The molecule has 2 aliphatic heterocycles. The molecule has 110 valence electrons. The quantitative estimate of drug-likeness (QED) is 0.907. The van der Waals surface area contributed by atoms with Gasteiger partial charge in [0.15, 0.2) is 0 Å². The Morgan fingerprint density at radius 1 is 1.30 bits per heavy atom. The summed E-state index contributed by atoms with van der Waals surface area (Å²) >= 11 is 0. The average molecular weight is 274 g/mol. The smallest absolute Gasteiger partial charge is 0.131 e. The summed E-state index contributed by atoms with van der Waals surface area (Å²) in [6, 6.07) is 3.01. The van der Waals surface area contributed by atoms with Crippen LogP contribution in [-0.2, 0) is 6.54 Å². The Bertz CT molecular complexity index is 454. The van der Waals surface area contributed by atoms with Gasteiger partial charge in [-0.3, -0.25) is 4.90 Å². The van der Waals surface area contributed by atoms with Crippen LogP contribution in [0.3, 0.4) is 0 Å². The first-order valence-corrected chi connectivity index (χ1v) is 7.87. The van der Waals surface area contributed by atoms with E-state index in [1.165, 1.54) is 49.3 Å². The standard InChI is InChI=1S/C16H26N4/c1-13-9-14(10-17-2)11-18-16(13)20-8-5-15(12-20)19-6-3-4-7-19/h9,11,15,17H,3-8,10,12H2,1-2H3. The molecule has 3 rings (SSSR count). The van der Waals surface area contributed by atoms with Crippen LogP contribution in [0.25, 0.3) is 0 Å². The molecule has 4 heteroatoms. The van der Waals surface area contributed by atoms with Crippen molar-refractivity contribution in [3.63, 3.8) is 0 Å². The molecule has 0 spiro atoms. The number of anilines is 1. The van der Waals surface area contributed by atoms with Crippen LogP contribution < -0.4 is 10.2 Å². The van der Waals surface area contributed by atoms with Crippen molar-refractivity contribution in [2.45, 2.75) is 38.8 Å². The zero-order valence-electron chi connectivity index (χ0n) is 12.7. The normalized spacial score (nSPS) is 23.7. The summed E-state index contributed by atoms with van der Waals surface area (Å²) in [4.78, 5) is 9.85. The summed E-state index contributed by atoms with van der Waals surface area (Å²) in [5, 5.41) is 3.18. The second kappa shape index (κ2) is 6.10. The van der Waals surface area contributed by atoms with E-state index in [9.17, 15) is 0 Å². The molecule has 1 atom stereocenters. The number of likely N-dealkylation sites (tertiary alicyclic amines) is 1. The molecule has 1 N–H and O–H groups in total. The van der Waals surface area contributed by atoms with Crippen molar-refractivity contribution in [3.05, 3.63) is 23.4 Å². The summed E-state index contributed by atoms with van der Waals surface area (Å²) < 4.78 is 0. The molecule has 0 saturated carbocycles. The second-order valence-electron chi connectivity index (χ2n) is 6.15. The summed E-state index contributed by atoms with van der Waals surface area (Å²) in [5.74, 6) is 1.19. The topological polar surface area (TPSA) is 31.4 Å². The maximum absolute atomic E-state index is 4.71. The van der Waals surface area contributed by atoms with Crippen LogP contribution in [0.15, 0.2) is 12.3 Å². The second-order valence-corrected chi connectivity index (χ2v) is 6.15. The van der Waals surface area contributed by atoms with E-state index < -0.39 is 0 Å². The minimum absolute atomic E-state index is 0.746. The Morgan fingerprint density at radius 2 is 2.10 bits per heavy atom. The predicted molar refractivity (Wildman–Crippen MR) is 83.2 cm³/mol. The SMILES string of the molecule is CNCc1cnc(N2CCC(N3CCCC3)C2)c(C)c1. The van der Waals surface area contributed by atoms with E-state index in [1.54, 1.807) is 0 Å². The number of nitrogens with one attached hydrogen (secondary N) is 1. The van der Waals surface area contributed by atoms with Crippen LogP contribution in [0.4, 0.5) is 5.82 Å². The number of pyridine rings is 1. The fourth-order valence-corrected chi connectivity index (χ4v) is 3.60. The van der Waals surface area contributed by atoms with E-state index in [0.29, 0.717) is 0 Å². The lowest BCUT2D eigenvalue weighted by atomic mass is 10.2. The van der Waals surface area contributed by atoms with E-state index in [-0.39, 0.29) is 0 Å². The lowest BCUT2D eigenvalue weighted by Gasteiger charge is -2.24. The van der Waals surface area contributed by atoms with Crippen LogP contribution in [0, 0.1) is 6.92 Å². The van der Waals surface area contributed by atoms with Gasteiger partial charge in [0.05, 0.1) is 0 Å². The van der Waals surface area contributed by atoms with Gasteiger partial charge in [-0.05, 0) is 63.5 Å². The van der Waals surface area contributed by atoms with E-state index in [0.717, 1.165) is 25.7 Å². The molecule has 2 fully saturated rings. The molecule has 2 aliphatic rings. The van der Waals surface area contributed by atoms with Crippen LogP contribution in [0.1, 0.15) is 30.4 Å². The zero-order valence-corrected chi connectivity index (χ0v) is 12.7. The van der Waals surface area contributed by atoms with Gasteiger partial charge in [0.1, 0.15) is 5.82 Å². The molecular weight excluding hydrogens is 248 g/mol. The van der Waals surface area contributed by atoms with Crippen molar-refractivity contribution in [2.75, 3.05) is 38.1 Å². The molecule has 0 aliphatic carbocycles. The van der Waals surface area contributed by atoms with Crippen LogP contribution in [-0.4, -0.2) is 49.2 Å². The van der Waals surface area contributed by atoms with Crippen molar-refractivity contribution in [2.24, 2.45) is 0 Å². The Hall–Kier alpha value is -1.13. The Kier molecular flexibility index (Phi) is 4.22. The van der Waals surface area contributed by atoms with Gasteiger partial charge in [0.2, 0.25) is 0 Å². The largest absolute Gasteiger partial charge is 0.355 e. The molecule has 1 aromatic heterocycles. The van der Waals surface area contributed by atoms with Gasteiger partial charge in [-0.1, -0.05) is 0 Å². The van der Waals surface area contributed by atoms with E-state index >= 15 is 0 Å². The van der Waals surface area contributed by atoms with Crippen molar-refractivity contribution in [3.8, 4) is 0 Å². The fourth-order valence-electron chi connectivity index (χ4n) is 3.60. The van der Waals surface area contributed by atoms with Crippen LogP contribution in [0.5, 0.6) is 0 Å². The number of rotatable bonds is 4. The van der Waals surface area contributed by atoms with E-state index in [1.807, 2.05) is 13.2 Å². The number of hydrogen-bond acceptors (Lipinski definition) is 4. The highest BCUT2D eigenvalue weighted by atomic mass is 15.3. The lowest BCUT2D eigenvalue weighted by Crippen LogP contribution is -2.35. The van der Waals surface area contributed by atoms with Crippen LogP contribution in [0.2, 0.25) is 0 Å². The molecule has 0 amide bonds. The van der Waals surface area contributed by atoms with Gasteiger partial charge in [-0.15, -0.1) is 0 Å². The van der Waals surface area contributed by atoms with E-state index in [2.05, 4.69) is 28.1 Å². The summed E-state index contributed by atoms with van der Waals surface area (Å²) in [5.41, 5.74) is 2.57. The monoisotopic (exact) mass is 274 g/mol. The first kappa shape index (κ1) is 13.8. The van der Waals surface area contributed by atoms with Gasteiger partial charge in [-0.2, -0.15) is 0 Å². The average Bonchev–Trinajstić information content (AvgIpc) is 3.10. The number of aromatic nitrogens is 1.